The molecule has 3 heteroatoms. The molecule has 0 bridgehead atoms. The summed E-state index contributed by atoms with van der Waals surface area (Å²) in [7, 11) is 2.65. The van der Waals surface area contributed by atoms with E-state index in [4.69, 9.17) is 0 Å². The third-order valence-electron chi connectivity index (χ3n) is 1.33. The summed E-state index contributed by atoms with van der Waals surface area (Å²) in [6, 6.07) is 0. The van der Waals surface area contributed by atoms with Crippen molar-refractivity contribution in [3.05, 3.63) is 11.0 Å². The Bertz CT molecular complexity index is 160. The number of rotatable bonds is 2. The van der Waals surface area contributed by atoms with Crippen molar-refractivity contribution in [2.45, 2.75) is 26.7 Å². The minimum atomic E-state index is 1.11. The lowest BCUT2D eigenvalue weighted by Crippen LogP contribution is -1.87. The molecule has 0 aliphatic carbocycles. The fourth-order valence-corrected chi connectivity index (χ4v) is 3.41. The normalized spacial score (nSPS) is 20.2. The minimum absolute atomic E-state index is 1.11. The van der Waals surface area contributed by atoms with E-state index in [1.807, 2.05) is 0 Å². The second-order valence-corrected chi connectivity index (χ2v) is 4.15. The predicted molar refractivity (Wildman–Crippen MR) is 43.6 cm³/mol. The van der Waals surface area contributed by atoms with Crippen LogP contribution in [0.2, 0.25) is 0 Å². The Morgan fingerprint density at radius 2 is 2.11 bits per heavy atom. The second-order valence-electron chi connectivity index (χ2n) is 1.89. The van der Waals surface area contributed by atoms with Crippen molar-refractivity contribution in [2.24, 2.45) is 0 Å². The quantitative estimate of drug-likeness (QED) is 0.547. The Hall–Kier alpha value is 0.140. The Morgan fingerprint density at radius 3 is 2.56 bits per heavy atom. The van der Waals surface area contributed by atoms with Gasteiger partial charge in [-0.15, -0.1) is 0 Å². The standard InChI is InChI=1S/C6H10NP2/c1-3-5-6(4-2)8-9-7-5/h3-4H2,1-2H3. The number of hydrogen-bond donors (Lipinski definition) is 0. The molecule has 9 heavy (non-hydrogen) atoms. The Labute approximate surface area is 59.4 Å². The summed E-state index contributed by atoms with van der Waals surface area (Å²) in [4.78, 5) is 0. The first-order chi connectivity index (χ1) is 4.38. The maximum absolute atomic E-state index is 4.35. The van der Waals surface area contributed by atoms with Crippen molar-refractivity contribution in [1.82, 2.24) is 5.09 Å². The van der Waals surface area contributed by atoms with Crippen LogP contribution in [-0.2, 0) is 0 Å². The summed E-state index contributed by atoms with van der Waals surface area (Å²) in [5.41, 5.74) is 1.35. The maximum atomic E-state index is 4.35. The maximum Gasteiger partial charge on any atom is 0.0699 e. The Morgan fingerprint density at radius 1 is 1.33 bits per heavy atom. The van der Waals surface area contributed by atoms with Crippen LogP contribution in [0.25, 0.3) is 0 Å². The SMILES string of the molecule is CCC1=C(CC)P=P[N]1. The highest BCUT2D eigenvalue weighted by atomic mass is 31.7. The molecular formula is C6H10NP2. The van der Waals surface area contributed by atoms with Gasteiger partial charge in [-0.05, 0) is 20.7 Å². The van der Waals surface area contributed by atoms with Crippen LogP contribution in [0.1, 0.15) is 26.7 Å². The van der Waals surface area contributed by atoms with Gasteiger partial charge in [0.15, 0.2) is 0 Å². The Balaban J connectivity index is 2.67. The van der Waals surface area contributed by atoms with Crippen LogP contribution in [0.5, 0.6) is 0 Å². The fraction of sp³-hybridized carbons (Fsp3) is 0.667. The molecule has 1 aliphatic heterocycles. The van der Waals surface area contributed by atoms with Crippen molar-refractivity contribution in [3.63, 3.8) is 0 Å². The molecule has 0 aromatic rings. The molecule has 1 radical (unpaired) electrons. The predicted octanol–water partition coefficient (Wildman–Crippen LogP) is 3.36. The number of nitrogens with zero attached hydrogens (tertiary/aromatic N) is 1. The van der Waals surface area contributed by atoms with E-state index in [1.165, 1.54) is 28.0 Å². The van der Waals surface area contributed by atoms with E-state index < -0.39 is 0 Å². The molecule has 0 fully saturated rings. The largest absolute Gasteiger partial charge is 0.227 e. The fourth-order valence-electron chi connectivity index (χ4n) is 0.795. The second kappa shape index (κ2) is 3.34. The third-order valence-corrected chi connectivity index (χ3v) is 3.83. The highest BCUT2D eigenvalue weighted by molar-refractivity contribution is 7.85. The molecule has 0 saturated carbocycles. The summed E-state index contributed by atoms with van der Waals surface area (Å²) in [6.07, 6.45) is 2.30. The van der Waals surface area contributed by atoms with Gasteiger partial charge in [0.05, 0.1) is 13.7 Å². The first kappa shape index (κ1) is 7.25. The molecule has 0 spiro atoms. The lowest BCUT2D eigenvalue weighted by atomic mass is 10.3. The van der Waals surface area contributed by atoms with Gasteiger partial charge in [0.2, 0.25) is 0 Å². The summed E-state index contributed by atoms with van der Waals surface area (Å²) in [5, 5.41) is 5.89. The van der Waals surface area contributed by atoms with Crippen LogP contribution in [0.3, 0.4) is 0 Å². The molecular weight excluding hydrogens is 148 g/mol. The number of hydrogen-bond acceptors (Lipinski definition) is 0. The molecule has 1 aliphatic rings. The average Bonchev–Trinajstić information content (AvgIpc) is 2.33. The van der Waals surface area contributed by atoms with E-state index in [1.54, 1.807) is 5.31 Å². The highest BCUT2D eigenvalue weighted by Gasteiger charge is 2.06. The first-order valence-corrected chi connectivity index (χ1v) is 5.67. The van der Waals surface area contributed by atoms with Gasteiger partial charge in [-0.3, -0.25) is 0 Å². The van der Waals surface area contributed by atoms with Gasteiger partial charge in [0, 0.05) is 5.31 Å². The van der Waals surface area contributed by atoms with E-state index in [0.29, 0.717) is 0 Å². The molecule has 0 N–H and O–H groups in total. The van der Waals surface area contributed by atoms with Gasteiger partial charge in [-0.2, -0.15) is 0 Å². The van der Waals surface area contributed by atoms with Crippen LogP contribution < -0.4 is 5.09 Å². The minimum Gasteiger partial charge on any atom is -0.227 e. The van der Waals surface area contributed by atoms with E-state index in [0.717, 1.165) is 6.42 Å². The van der Waals surface area contributed by atoms with Crippen molar-refractivity contribution in [1.29, 1.82) is 0 Å². The molecule has 0 aromatic heterocycles. The first-order valence-electron chi connectivity index (χ1n) is 3.22. The van der Waals surface area contributed by atoms with Crippen molar-refractivity contribution in [3.8, 4) is 0 Å². The average molecular weight is 158 g/mol. The van der Waals surface area contributed by atoms with Crippen molar-refractivity contribution in [2.75, 3.05) is 0 Å². The zero-order valence-electron chi connectivity index (χ0n) is 5.76. The van der Waals surface area contributed by atoms with Gasteiger partial charge in [-0.25, -0.2) is 5.09 Å². The van der Waals surface area contributed by atoms with Crippen molar-refractivity contribution < 1.29 is 0 Å². The van der Waals surface area contributed by atoms with Gasteiger partial charge in [0.1, 0.15) is 0 Å². The summed E-state index contributed by atoms with van der Waals surface area (Å²) in [5.74, 6) is 0. The van der Waals surface area contributed by atoms with Crippen LogP contribution >= 0.6 is 15.9 Å². The summed E-state index contributed by atoms with van der Waals surface area (Å²) >= 11 is 0. The molecule has 0 unspecified atom stereocenters. The van der Waals surface area contributed by atoms with Crippen LogP contribution in [0.15, 0.2) is 11.0 Å². The molecule has 1 heterocycles. The molecule has 0 aromatic carbocycles. The highest BCUT2D eigenvalue weighted by Crippen LogP contribution is 2.37. The van der Waals surface area contributed by atoms with Gasteiger partial charge in [-0.1, -0.05) is 13.8 Å². The lowest BCUT2D eigenvalue weighted by molar-refractivity contribution is 0.975. The van der Waals surface area contributed by atoms with Gasteiger partial charge in [0.25, 0.3) is 0 Å². The molecule has 0 atom stereocenters. The molecule has 0 amide bonds. The zero-order chi connectivity index (χ0) is 6.69. The Kier molecular flexibility index (Phi) is 2.69. The monoisotopic (exact) mass is 158 g/mol. The van der Waals surface area contributed by atoms with Gasteiger partial charge >= 0.3 is 0 Å². The number of allylic oxidation sites excluding steroid dienone is 2. The summed E-state index contributed by atoms with van der Waals surface area (Å²) < 4.78 is 0. The van der Waals surface area contributed by atoms with E-state index in [9.17, 15) is 0 Å². The van der Waals surface area contributed by atoms with Crippen molar-refractivity contribution >= 4 is 15.9 Å². The van der Waals surface area contributed by atoms with E-state index in [2.05, 4.69) is 18.9 Å². The molecule has 49 valence electrons. The molecule has 0 saturated heterocycles. The van der Waals surface area contributed by atoms with Crippen LogP contribution in [0, 0.1) is 0 Å². The lowest BCUT2D eigenvalue weighted by Gasteiger charge is -1.96. The molecule has 1 rings (SSSR count). The summed E-state index contributed by atoms with van der Waals surface area (Å²) in [6.45, 7) is 4.37. The third kappa shape index (κ3) is 1.53. The van der Waals surface area contributed by atoms with E-state index in [-0.39, 0.29) is 0 Å². The topological polar surface area (TPSA) is 14.1 Å². The smallest absolute Gasteiger partial charge is 0.0699 e. The molecule has 1 nitrogen and oxygen atoms in total. The van der Waals surface area contributed by atoms with E-state index >= 15 is 0 Å². The van der Waals surface area contributed by atoms with Gasteiger partial charge < -0.3 is 0 Å². The van der Waals surface area contributed by atoms with Crippen LogP contribution in [0.4, 0.5) is 0 Å². The zero-order valence-corrected chi connectivity index (χ0v) is 7.54. The van der Waals surface area contributed by atoms with Crippen LogP contribution in [-0.4, -0.2) is 0 Å².